The van der Waals surface area contributed by atoms with Crippen LogP contribution in [0, 0.1) is 0 Å². The number of benzene rings is 1. The van der Waals surface area contributed by atoms with Crippen molar-refractivity contribution in [3.8, 4) is 10.4 Å². The quantitative estimate of drug-likeness (QED) is 0.834. The van der Waals surface area contributed by atoms with Gasteiger partial charge in [0.15, 0.2) is 9.84 Å². The molecule has 0 spiro atoms. The van der Waals surface area contributed by atoms with E-state index < -0.39 is 9.84 Å². The number of rotatable bonds is 2. The smallest absolute Gasteiger partial charge is 0.159 e. The van der Waals surface area contributed by atoms with Crippen LogP contribution in [0.15, 0.2) is 48.5 Å². The molecule has 0 aliphatic carbocycles. The normalized spacial score (nSPS) is 26.6. The summed E-state index contributed by atoms with van der Waals surface area (Å²) in [6, 6.07) is 14.6. The third-order valence-corrected chi connectivity index (χ3v) is 8.23. The molecule has 2 nitrogen and oxygen atoms in total. The van der Waals surface area contributed by atoms with E-state index in [4.69, 9.17) is 0 Å². The van der Waals surface area contributed by atoms with Gasteiger partial charge in [0.2, 0.25) is 0 Å². The Hall–Kier alpha value is -1.39. The predicted octanol–water partition coefficient (Wildman–Crippen LogP) is 4.15. The van der Waals surface area contributed by atoms with Crippen molar-refractivity contribution in [2.75, 3.05) is 0 Å². The van der Waals surface area contributed by atoms with Crippen molar-refractivity contribution in [2.24, 2.45) is 0 Å². The minimum atomic E-state index is -2.89. The van der Waals surface area contributed by atoms with Gasteiger partial charge in [-0.05, 0) is 42.5 Å². The zero-order chi connectivity index (χ0) is 14.4. The monoisotopic (exact) mass is 316 g/mol. The van der Waals surface area contributed by atoms with E-state index in [-0.39, 0.29) is 10.5 Å². The molecule has 1 aromatic heterocycles. The fourth-order valence-electron chi connectivity index (χ4n) is 3.31. The lowest BCUT2D eigenvalue weighted by atomic mass is 10.1. The molecule has 0 amide bonds. The van der Waals surface area contributed by atoms with Crippen molar-refractivity contribution in [2.45, 2.75) is 29.8 Å². The van der Waals surface area contributed by atoms with Crippen molar-refractivity contribution < 1.29 is 8.42 Å². The number of thiophene rings is 1. The third kappa shape index (κ3) is 2.17. The maximum atomic E-state index is 12.1. The second-order valence-corrected chi connectivity index (χ2v) is 9.29. The summed E-state index contributed by atoms with van der Waals surface area (Å²) in [6.07, 6.45) is 4.31. The van der Waals surface area contributed by atoms with Crippen molar-refractivity contribution >= 4 is 26.7 Å². The largest absolute Gasteiger partial charge is 0.228 e. The van der Waals surface area contributed by atoms with Crippen LogP contribution in [0.1, 0.15) is 24.1 Å². The van der Waals surface area contributed by atoms with Crippen LogP contribution in [0.4, 0.5) is 0 Å². The molecule has 0 saturated carbocycles. The van der Waals surface area contributed by atoms with Gasteiger partial charge >= 0.3 is 0 Å². The van der Waals surface area contributed by atoms with E-state index in [0.717, 1.165) is 12.8 Å². The first kappa shape index (κ1) is 13.3. The molecular formula is C17H16O2S2. The molecular weight excluding hydrogens is 300 g/mol. The molecule has 21 heavy (non-hydrogen) atoms. The number of hydrogen-bond acceptors (Lipinski definition) is 3. The topological polar surface area (TPSA) is 34.1 Å². The summed E-state index contributed by atoms with van der Waals surface area (Å²) in [5, 5.41) is -0.390. The highest BCUT2D eigenvalue weighted by atomic mass is 32.2. The second kappa shape index (κ2) is 4.82. The Morgan fingerprint density at radius 2 is 1.71 bits per heavy atom. The van der Waals surface area contributed by atoms with Crippen LogP contribution in [-0.4, -0.2) is 18.9 Å². The number of fused-ring (bicyclic) bond motifs is 2. The Kier molecular flexibility index (Phi) is 3.05. The number of sulfone groups is 1. The molecule has 0 N–H and O–H groups in total. The summed E-state index contributed by atoms with van der Waals surface area (Å²) < 4.78 is 24.3. The highest BCUT2D eigenvalue weighted by Crippen LogP contribution is 2.43. The highest BCUT2D eigenvalue weighted by molar-refractivity contribution is 7.93. The van der Waals surface area contributed by atoms with Crippen LogP contribution < -0.4 is 0 Å². The van der Waals surface area contributed by atoms with E-state index in [9.17, 15) is 8.42 Å². The van der Waals surface area contributed by atoms with Crippen LogP contribution in [-0.2, 0) is 9.84 Å². The zero-order valence-electron chi connectivity index (χ0n) is 11.5. The molecule has 2 atom stereocenters. The maximum absolute atomic E-state index is 12.1. The molecule has 2 aromatic rings. The van der Waals surface area contributed by atoms with E-state index in [0.29, 0.717) is 6.42 Å². The minimum absolute atomic E-state index is 0.148. The van der Waals surface area contributed by atoms with Crippen LogP contribution >= 0.6 is 11.3 Å². The minimum Gasteiger partial charge on any atom is -0.228 e. The lowest BCUT2D eigenvalue weighted by Gasteiger charge is -2.19. The zero-order valence-corrected chi connectivity index (χ0v) is 13.2. The number of hydrogen-bond donors (Lipinski definition) is 0. The van der Waals surface area contributed by atoms with Gasteiger partial charge in [-0.2, -0.15) is 0 Å². The fourth-order valence-corrected chi connectivity index (χ4v) is 6.55. The maximum Gasteiger partial charge on any atom is 0.159 e. The van der Waals surface area contributed by atoms with Gasteiger partial charge in [-0.1, -0.05) is 36.4 Å². The Labute approximate surface area is 129 Å². The average molecular weight is 316 g/mol. The molecule has 1 saturated heterocycles. The molecule has 3 heterocycles. The van der Waals surface area contributed by atoms with Crippen molar-refractivity contribution in [3.63, 3.8) is 0 Å². The predicted molar refractivity (Wildman–Crippen MR) is 88.1 cm³/mol. The summed E-state index contributed by atoms with van der Waals surface area (Å²) >= 11 is 1.76. The fraction of sp³-hybridized carbons (Fsp3) is 0.294. The van der Waals surface area contributed by atoms with E-state index in [1.165, 1.54) is 20.9 Å². The Balaban J connectivity index is 1.69. The van der Waals surface area contributed by atoms with Gasteiger partial charge < -0.3 is 0 Å². The van der Waals surface area contributed by atoms with Crippen LogP contribution in [0.25, 0.3) is 16.0 Å². The van der Waals surface area contributed by atoms with Gasteiger partial charge in [0.25, 0.3) is 0 Å². The first-order valence-electron chi connectivity index (χ1n) is 7.23. The van der Waals surface area contributed by atoms with E-state index in [1.807, 2.05) is 24.3 Å². The second-order valence-electron chi connectivity index (χ2n) is 5.75. The lowest BCUT2D eigenvalue weighted by Crippen LogP contribution is -2.25. The summed E-state index contributed by atoms with van der Waals surface area (Å²) in [5.41, 5.74) is 2.45. The molecule has 2 unspecified atom stereocenters. The molecule has 4 rings (SSSR count). The van der Waals surface area contributed by atoms with Gasteiger partial charge in [0.05, 0.1) is 10.5 Å². The molecule has 2 aliphatic rings. The number of allylic oxidation sites excluding steroid dienone is 1. The van der Waals surface area contributed by atoms with Crippen molar-refractivity contribution in [1.29, 1.82) is 0 Å². The molecule has 1 aromatic carbocycles. The molecule has 4 heteroatoms. The SMILES string of the molecule is O=S1(=O)C2C=C(c3ccc(-c4ccccc4)s3)CC1CC2. The van der Waals surface area contributed by atoms with Crippen LogP contribution in [0.3, 0.4) is 0 Å². The lowest BCUT2D eigenvalue weighted by molar-refractivity contribution is 0.585. The third-order valence-electron chi connectivity index (χ3n) is 4.48. The Morgan fingerprint density at radius 1 is 0.952 bits per heavy atom. The molecule has 108 valence electrons. The Morgan fingerprint density at radius 3 is 2.48 bits per heavy atom. The van der Waals surface area contributed by atoms with E-state index >= 15 is 0 Å². The molecule has 2 bridgehead atoms. The summed E-state index contributed by atoms with van der Waals surface area (Å²) in [7, 11) is -2.89. The standard InChI is InChI=1S/C17H16O2S2/c18-21(19)14-6-7-15(21)11-13(10-14)17-9-8-16(20-17)12-4-2-1-3-5-12/h1-5,8-10,14-15H,6-7,11H2. The molecule has 1 fully saturated rings. The summed E-state index contributed by atoms with van der Waals surface area (Å²) in [4.78, 5) is 2.47. The van der Waals surface area contributed by atoms with Gasteiger partial charge in [0, 0.05) is 9.75 Å². The summed E-state index contributed by atoms with van der Waals surface area (Å²) in [6.45, 7) is 0. The average Bonchev–Trinajstić information content (AvgIpc) is 2.99. The van der Waals surface area contributed by atoms with E-state index in [2.05, 4.69) is 24.3 Å². The first-order valence-corrected chi connectivity index (χ1v) is 9.66. The summed E-state index contributed by atoms with van der Waals surface area (Å²) in [5.74, 6) is 0. The van der Waals surface area contributed by atoms with Crippen molar-refractivity contribution in [1.82, 2.24) is 0 Å². The van der Waals surface area contributed by atoms with Crippen LogP contribution in [0.2, 0.25) is 0 Å². The van der Waals surface area contributed by atoms with E-state index in [1.54, 1.807) is 11.3 Å². The van der Waals surface area contributed by atoms with Gasteiger partial charge in [0.1, 0.15) is 0 Å². The molecule has 2 aliphatic heterocycles. The first-order chi connectivity index (χ1) is 10.1. The van der Waals surface area contributed by atoms with Gasteiger partial charge in [-0.25, -0.2) is 8.42 Å². The van der Waals surface area contributed by atoms with Gasteiger partial charge in [-0.15, -0.1) is 11.3 Å². The highest BCUT2D eigenvalue weighted by Gasteiger charge is 2.43. The molecule has 0 radical (unpaired) electrons. The van der Waals surface area contributed by atoms with Crippen LogP contribution in [0.5, 0.6) is 0 Å². The van der Waals surface area contributed by atoms with Gasteiger partial charge in [-0.3, -0.25) is 0 Å². The Bertz CT molecular complexity index is 800. The van der Waals surface area contributed by atoms with Crippen molar-refractivity contribution in [3.05, 3.63) is 53.4 Å².